The van der Waals surface area contributed by atoms with Gasteiger partial charge in [-0.2, -0.15) is 0 Å². The zero-order valence-electron chi connectivity index (χ0n) is 12.7. The summed E-state index contributed by atoms with van der Waals surface area (Å²) in [4.78, 5) is 0. The van der Waals surface area contributed by atoms with E-state index in [1.807, 2.05) is 6.92 Å². The predicted molar refractivity (Wildman–Crippen MR) is 80.4 cm³/mol. The molecule has 1 aliphatic rings. The molecule has 1 aliphatic heterocycles. The summed E-state index contributed by atoms with van der Waals surface area (Å²) in [5, 5.41) is 3.37. The second-order valence-corrected chi connectivity index (χ2v) is 5.74. The fraction of sp³-hybridized carbons (Fsp3) is 0.647. The molecule has 1 N–H and O–H groups in total. The first-order valence-corrected chi connectivity index (χ1v) is 7.98. The molecule has 21 heavy (non-hydrogen) atoms. The maximum atomic E-state index is 13.7. The second-order valence-electron chi connectivity index (χ2n) is 5.74. The number of rotatable bonds is 8. The lowest BCUT2D eigenvalue weighted by molar-refractivity contribution is 0.101. The molecule has 0 aromatic heterocycles. The van der Waals surface area contributed by atoms with Crippen molar-refractivity contribution in [2.75, 3.05) is 13.2 Å². The zero-order valence-corrected chi connectivity index (χ0v) is 12.7. The highest BCUT2D eigenvalue weighted by atomic mass is 19.2. The van der Waals surface area contributed by atoms with Crippen molar-refractivity contribution in [1.82, 2.24) is 5.32 Å². The summed E-state index contributed by atoms with van der Waals surface area (Å²) in [7, 11) is 0. The van der Waals surface area contributed by atoms with Crippen LogP contribution in [0.25, 0.3) is 0 Å². The van der Waals surface area contributed by atoms with Crippen molar-refractivity contribution in [2.45, 2.75) is 57.6 Å². The van der Waals surface area contributed by atoms with Gasteiger partial charge in [-0.1, -0.05) is 19.1 Å². The first-order chi connectivity index (χ1) is 10.2. The van der Waals surface area contributed by atoms with Gasteiger partial charge in [-0.15, -0.1) is 0 Å². The predicted octanol–water partition coefficient (Wildman–Crippen LogP) is 3.83. The number of hydrogen-bond acceptors (Lipinski definition) is 2. The van der Waals surface area contributed by atoms with Crippen LogP contribution in [-0.2, 0) is 11.2 Å². The monoisotopic (exact) mass is 297 g/mol. The van der Waals surface area contributed by atoms with E-state index in [0.717, 1.165) is 45.3 Å². The third-order valence-corrected chi connectivity index (χ3v) is 4.09. The lowest BCUT2D eigenvalue weighted by Gasteiger charge is -2.19. The summed E-state index contributed by atoms with van der Waals surface area (Å²) < 4.78 is 32.6. The minimum absolute atomic E-state index is 0.188. The van der Waals surface area contributed by atoms with Gasteiger partial charge in [0.2, 0.25) is 0 Å². The summed E-state index contributed by atoms with van der Waals surface area (Å²) >= 11 is 0. The minimum Gasteiger partial charge on any atom is -0.378 e. The molecule has 0 spiro atoms. The molecule has 0 amide bonds. The standard InChI is InChI=1S/C17H25F2NO/c1-2-20-14(7-4-8-15-9-5-11-21-15)12-13-6-3-10-16(18)17(13)19/h3,6,10,14-15,20H,2,4-5,7-9,11-12H2,1H3. The van der Waals surface area contributed by atoms with Crippen LogP contribution in [0.1, 0.15) is 44.6 Å². The normalized spacial score (nSPS) is 19.9. The minimum atomic E-state index is -0.762. The Morgan fingerprint density at radius 1 is 1.38 bits per heavy atom. The van der Waals surface area contributed by atoms with Gasteiger partial charge in [-0.05, 0) is 56.7 Å². The van der Waals surface area contributed by atoms with Gasteiger partial charge in [-0.25, -0.2) is 8.78 Å². The third kappa shape index (κ3) is 5.04. The van der Waals surface area contributed by atoms with E-state index in [9.17, 15) is 8.78 Å². The summed E-state index contributed by atoms with van der Waals surface area (Å²) in [6.45, 7) is 3.76. The molecule has 118 valence electrons. The Bertz CT molecular complexity index is 433. The molecule has 0 radical (unpaired) electrons. The molecular formula is C17H25F2NO. The maximum Gasteiger partial charge on any atom is 0.162 e. The SMILES string of the molecule is CCNC(CCCC1CCCO1)Cc1cccc(F)c1F. The van der Waals surface area contributed by atoms with E-state index in [-0.39, 0.29) is 6.04 Å². The molecule has 0 bridgehead atoms. The number of nitrogens with one attached hydrogen (secondary N) is 1. The van der Waals surface area contributed by atoms with E-state index < -0.39 is 11.6 Å². The molecule has 1 aromatic rings. The van der Waals surface area contributed by atoms with Crippen LogP contribution in [-0.4, -0.2) is 25.3 Å². The van der Waals surface area contributed by atoms with Gasteiger partial charge in [0.1, 0.15) is 0 Å². The molecule has 2 rings (SSSR count). The van der Waals surface area contributed by atoms with Crippen molar-refractivity contribution in [3.8, 4) is 0 Å². The molecule has 0 aliphatic carbocycles. The number of hydrogen-bond donors (Lipinski definition) is 1. The van der Waals surface area contributed by atoms with Crippen LogP contribution in [0.2, 0.25) is 0 Å². The lowest BCUT2D eigenvalue weighted by Crippen LogP contribution is -2.31. The first-order valence-electron chi connectivity index (χ1n) is 7.98. The molecule has 1 aromatic carbocycles. The van der Waals surface area contributed by atoms with Gasteiger partial charge in [0.15, 0.2) is 11.6 Å². The van der Waals surface area contributed by atoms with Crippen LogP contribution in [0.5, 0.6) is 0 Å². The molecule has 4 heteroatoms. The first kappa shape index (κ1) is 16.4. The molecule has 0 saturated carbocycles. The van der Waals surface area contributed by atoms with Crippen molar-refractivity contribution in [1.29, 1.82) is 0 Å². The van der Waals surface area contributed by atoms with Crippen LogP contribution in [0.4, 0.5) is 8.78 Å². The highest BCUT2D eigenvalue weighted by Gasteiger charge is 2.17. The van der Waals surface area contributed by atoms with Crippen molar-refractivity contribution < 1.29 is 13.5 Å². The Hall–Kier alpha value is -1.00. The topological polar surface area (TPSA) is 21.3 Å². The smallest absolute Gasteiger partial charge is 0.162 e. The molecule has 1 saturated heterocycles. The van der Waals surface area contributed by atoms with Crippen molar-refractivity contribution in [3.63, 3.8) is 0 Å². The van der Waals surface area contributed by atoms with Crippen molar-refractivity contribution in [2.24, 2.45) is 0 Å². The van der Waals surface area contributed by atoms with Gasteiger partial charge in [-0.3, -0.25) is 0 Å². The van der Waals surface area contributed by atoms with Crippen LogP contribution in [0, 0.1) is 11.6 Å². The summed E-state index contributed by atoms with van der Waals surface area (Å²) in [6.07, 6.45) is 6.33. The Morgan fingerprint density at radius 2 is 2.24 bits per heavy atom. The van der Waals surface area contributed by atoms with E-state index in [0.29, 0.717) is 18.1 Å². The summed E-state index contributed by atoms with van der Waals surface area (Å²) in [5.74, 6) is -1.47. The van der Waals surface area contributed by atoms with Gasteiger partial charge < -0.3 is 10.1 Å². The van der Waals surface area contributed by atoms with Crippen molar-refractivity contribution >= 4 is 0 Å². The van der Waals surface area contributed by atoms with E-state index in [2.05, 4.69) is 5.32 Å². The van der Waals surface area contributed by atoms with Crippen LogP contribution in [0.3, 0.4) is 0 Å². The zero-order chi connectivity index (χ0) is 15.1. The van der Waals surface area contributed by atoms with Gasteiger partial charge in [0, 0.05) is 12.6 Å². The largest absolute Gasteiger partial charge is 0.378 e. The number of likely N-dealkylation sites (N-methyl/N-ethyl adjacent to an activating group) is 1. The van der Waals surface area contributed by atoms with Crippen LogP contribution < -0.4 is 5.32 Å². The van der Waals surface area contributed by atoms with Crippen LogP contribution in [0.15, 0.2) is 18.2 Å². The average molecular weight is 297 g/mol. The lowest BCUT2D eigenvalue weighted by atomic mass is 9.98. The number of ether oxygens (including phenoxy) is 1. The van der Waals surface area contributed by atoms with E-state index in [1.54, 1.807) is 12.1 Å². The van der Waals surface area contributed by atoms with E-state index in [4.69, 9.17) is 4.74 Å². The Labute approximate surface area is 125 Å². The Balaban J connectivity index is 1.84. The fourth-order valence-corrected chi connectivity index (χ4v) is 3.00. The third-order valence-electron chi connectivity index (χ3n) is 4.09. The highest BCUT2D eigenvalue weighted by Crippen LogP contribution is 2.20. The molecular weight excluding hydrogens is 272 g/mol. The second kappa shape index (κ2) is 8.44. The molecule has 2 nitrogen and oxygen atoms in total. The molecule has 2 unspecified atom stereocenters. The van der Waals surface area contributed by atoms with Crippen LogP contribution >= 0.6 is 0 Å². The number of benzene rings is 1. The molecule has 1 fully saturated rings. The van der Waals surface area contributed by atoms with E-state index >= 15 is 0 Å². The number of halogens is 2. The summed E-state index contributed by atoms with van der Waals surface area (Å²) in [6, 6.07) is 4.59. The fourth-order valence-electron chi connectivity index (χ4n) is 3.00. The Morgan fingerprint density at radius 3 is 2.95 bits per heavy atom. The molecule has 2 atom stereocenters. The maximum absolute atomic E-state index is 13.7. The average Bonchev–Trinajstić information content (AvgIpc) is 2.97. The van der Waals surface area contributed by atoms with E-state index in [1.165, 1.54) is 6.07 Å². The highest BCUT2D eigenvalue weighted by molar-refractivity contribution is 5.20. The van der Waals surface area contributed by atoms with Crippen molar-refractivity contribution in [3.05, 3.63) is 35.4 Å². The summed E-state index contributed by atoms with van der Waals surface area (Å²) in [5.41, 5.74) is 0.457. The Kier molecular flexibility index (Phi) is 6.58. The molecule has 1 heterocycles. The van der Waals surface area contributed by atoms with Gasteiger partial charge in [0.25, 0.3) is 0 Å². The quantitative estimate of drug-likeness (QED) is 0.787. The van der Waals surface area contributed by atoms with Gasteiger partial charge >= 0.3 is 0 Å². The van der Waals surface area contributed by atoms with Gasteiger partial charge in [0.05, 0.1) is 6.10 Å².